The van der Waals surface area contributed by atoms with Crippen molar-refractivity contribution in [3.05, 3.63) is 42.1 Å². The number of carbonyl (C=O) groups is 1. The number of amides is 1. The van der Waals surface area contributed by atoms with E-state index >= 15 is 0 Å². The summed E-state index contributed by atoms with van der Waals surface area (Å²) >= 11 is 0. The van der Waals surface area contributed by atoms with E-state index in [1.54, 1.807) is 24.6 Å². The number of aliphatic hydroxyl groups is 5. The number of nitrogens with one attached hydrogen (secondary N) is 2. The number of hydrogen-bond acceptors (Lipinski definition) is 7. The molecule has 0 aromatic rings. The van der Waals surface area contributed by atoms with Gasteiger partial charge >= 0.3 is 0 Å². The lowest BCUT2D eigenvalue weighted by Crippen LogP contribution is -2.51. The highest BCUT2D eigenvalue weighted by molar-refractivity contribution is 5.83. The molecular formula is C21H34N2O6. The van der Waals surface area contributed by atoms with Crippen molar-refractivity contribution in [1.82, 2.24) is 10.6 Å². The van der Waals surface area contributed by atoms with Crippen molar-refractivity contribution < 1.29 is 30.3 Å². The summed E-state index contributed by atoms with van der Waals surface area (Å²) < 4.78 is 0. The van der Waals surface area contributed by atoms with Gasteiger partial charge in [0, 0.05) is 17.8 Å². The van der Waals surface area contributed by atoms with Crippen molar-refractivity contribution in [3.8, 4) is 0 Å². The largest absolute Gasteiger partial charge is 0.394 e. The number of carbonyl (C=O) groups excluding carboxylic acids is 1. The van der Waals surface area contributed by atoms with Gasteiger partial charge in [-0.3, -0.25) is 4.79 Å². The van der Waals surface area contributed by atoms with E-state index in [1.807, 2.05) is 0 Å². The number of aliphatic hydroxyl groups excluding tert-OH is 5. The molecule has 0 aliphatic heterocycles. The summed E-state index contributed by atoms with van der Waals surface area (Å²) in [7, 11) is 0. The molecule has 0 radical (unpaired) electrons. The lowest BCUT2D eigenvalue weighted by atomic mass is 10.0. The van der Waals surface area contributed by atoms with E-state index in [4.69, 9.17) is 5.11 Å². The molecule has 7 N–H and O–H groups in total. The van der Waals surface area contributed by atoms with Crippen molar-refractivity contribution in [2.45, 2.75) is 69.9 Å². The number of hydrogen-bond donors (Lipinski definition) is 7. The highest BCUT2D eigenvalue weighted by atomic mass is 16.4. The zero-order valence-electron chi connectivity index (χ0n) is 16.9. The Bertz CT molecular complexity index is 576. The summed E-state index contributed by atoms with van der Waals surface area (Å²) in [4.78, 5) is 12.0. The fraction of sp³-hybridized carbons (Fsp3) is 0.619. The van der Waals surface area contributed by atoms with E-state index in [2.05, 4.69) is 23.8 Å². The Morgan fingerprint density at radius 2 is 1.76 bits per heavy atom. The molecule has 1 aliphatic rings. The average Bonchev–Trinajstić information content (AvgIpc) is 2.74. The van der Waals surface area contributed by atoms with Gasteiger partial charge in [0.05, 0.1) is 6.61 Å². The molecule has 8 heteroatoms. The summed E-state index contributed by atoms with van der Waals surface area (Å²) in [5, 5.41) is 52.7. The van der Waals surface area contributed by atoms with Gasteiger partial charge in [0.2, 0.25) is 0 Å². The highest BCUT2D eigenvalue weighted by Crippen LogP contribution is 2.13. The SMILES string of the molecule is CCCCCCCCN[C+]=C1C=CC(NC(=O)[C@H](O)[C@@H](O)[C@@H](O)[C@H](O)CO)=C[CH-]1. The molecule has 29 heavy (non-hydrogen) atoms. The van der Waals surface area contributed by atoms with Gasteiger partial charge in [-0.25, -0.2) is 0 Å². The van der Waals surface area contributed by atoms with Crippen molar-refractivity contribution in [3.63, 3.8) is 0 Å². The summed E-state index contributed by atoms with van der Waals surface area (Å²) in [5.74, 6) is -0.941. The fourth-order valence-electron chi connectivity index (χ4n) is 2.69. The molecule has 0 saturated carbocycles. The minimum atomic E-state index is -1.97. The van der Waals surface area contributed by atoms with Crippen molar-refractivity contribution in [1.29, 1.82) is 0 Å². The molecule has 4 atom stereocenters. The molecule has 0 aromatic heterocycles. The second kappa shape index (κ2) is 14.1. The van der Waals surface area contributed by atoms with Crippen LogP contribution in [0.3, 0.4) is 0 Å². The zero-order chi connectivity index (χ0) is 21.6. The maximum atomic E-state index is 12.0. The quantitative estimate of drug-likeness (QED) is 0.120. The van der Waals surface area contributed by atoms with Crippen LogP contribution in [0, 0.1) is 12.6 Å². The molecule has 164 valence electrons. The van der Waals surface area contributed by atoms with Gasteiger partial charge in [0.25, 0.3) is 5.91 Å². The number of unbranched alkanes of at least 4 members (excludes halogenated alkanes) is 5. The van der Waals surface area contributed by atoms with Crippen LogP contribution in [-0.4, -0.2) is 69.0 Å². The monoisotopic (exact) mass is 410 g/mol. The maximum absolute atomic E-state index is 12.0. The minimum absolute atomic E-state index is 0.389. The van der Waals surface area contributed by atoms with Crippen LogP contribution in [0.1, 0.15) is 45.4 Å². The topological polar surface area (TPSA) is 142 Å². The molecule has 1 rings (SSSR count). The maximum Gasteiger partial charge on any atom is 0.256 e. The van der Waals surface area contributed by atoms with E-state index in [1.165, 1.54) is 32.1 Å². The van der Waals surface area contributed by atoms with Gasteiger partial charge < -0.3 is 36.2 Å². The normalized spacial score (nSPS) is 18.8. The molecule has 0 fully saturated rings. The first-order valence-electron chi connectivity index (χ1n) is 10.1. The third-order valence-electron chi connectivity index (χ3n) is 4.56. The van der Waals surface area contributed by atoms with Crippen LogP contribution in [0.5, 0.6) is 0 Å². The van der Waals surface area contributed by atoms with E-state index in [0.717, 1.165) is 18.5 Å². The first-order valence-corrected chi connectivity index (χ1v) is 10.1. The lowest BCUT2D eigenvalue weighted by molar-refractivity contribution is -0.148. The van der Waals surface area contributed by atoms with Gasteiger partial charge in [-0.2, -0.15) is 0 Å². The van der Waals surface area contributed by atoms with E-state index in [9.17, 15) is 25.2 Å². The number of allylic oxidation sites excluding steroid dienone is 4. The standard InChI is InChI=1S/C21H34N2O6/c1-2-3-4-5-6-7-12-22-13-15-8-10-16(11-9-15)23-21(29)20(28)19(27)18(26)17(25)14-24/h8-11,17-20,22,24-28H,2-7,12,14H2,1H3,(H,23,29)/t17-,18+,19+,20-/m1/s1. The molecule has 0 spiro atoms. The molecule has 0 saturated heterocycles. The van der Waals surface area contributed by atoms with Crippen LogP contribution in [0.2, 0.25) is 0 Å². The van der Waals surface area contributed by atoms with E-state index < -0.39 is 36.9 Å². The molecule has 1 aliphatic carbocycles. The van der Waals surface area contributed by atoms with Crippen molar-refractivity contribution in [2.24, 2.45) is 0 Å². The third-order valence-corrected chi connectivity index (χ3v) is 4.56. The van der Waals surface area contributed by atoms with Gasteiger partial charge in [-0.05, 0) is 37.3 Å². The van der Waals surface area contributed by atoms with Crippen LogP contribution in [0.25, 0.3) is 0 Å². The molecular weight excluding hydrogens is 376 g/mol. The Morgan fingerprint density at radius 3 is 2.38 bits per heavy atom. The minimum Gasteiger partial charge on any atom is -0.394 e. The predicted molar refractivity (Wildman–Crippen MR) is 109 cm³/mol. The van der Waals surface area contributed by atoms with Crippen LogP contribution < -0.4 is 10.6 Å². The highest BCUT2D eigenvalue weighted by Gasteiger charge is 2.34. The van der Waals surface area contributed by atoms with Crippen LogP contribution in [0.4, 0.5) is 0 Å². The summed E-state index contributed by atoms with van der Waals surface area (Å²) in [5.41, 5.74) is 1.19. The Balaban J connectivity index is 2.34. The Labute approximate surface area is 172 Å². The van der Waals surface area contributed by atoms with Gasteiger partial charge in [0.1, 0.15) is 18.3 Å². The lowest BCUT2D eigenvalue weighted by Gasteiger charge is -2.25. The van der Waals surface area contributed by atoms with E-state index in [0.29, 0.717) is 5.70 Å². The molecule has 1 amide bonds. The molecule has 0 unspecified atom stereocenters. The second-order valence-electron chi connectivity index (χ2n) is 7.06. The molecule has 0 bridgehead atoms. The van der Waals surface area contributed by atoms with Crippen LogP contribution in [-0.2, 0) is 4.79 Å². The second-order valence-corrected chi connectivity index (χ2v) is 7.06. The van der Waals surface area contributed by atoms with Crippen molar-refractivity contribution >= 4 is 5.91 Å². The smallest absolute Gasteiger partial charge is 0.256 e. The molecule has 0 heterocycles. The summed E-state index contributed by atoms with van der Waals surface area (Å²) in [6, 6.07) is 0. The summed E-state index contributed by atoms with van der Waals surface area (Å²) in [6.45, 7) is 2.23. The zero-order valence-corrected chi connectivity index (χ0v) is 16.9. The van der Waals surface area contributed by atoms with Crippen LogP contribution >= 0.6 is 0 Å². The van der Waals surface area contributed by atoms with Gasteiger partial charge in [-0.1, -0.05) is 39.0 Å². The third kappa shape index (κ3) is 9.41. The molecule has 0 aromatic carbocycles. The number of rotatable bonds is 14. The van der Waals surface area contributed by atoms with Crippen molar-refractivity contribution in [2.75, 3.05) is 13.2 Å². The fourth-order valence-corrected chi connectivity index (χ4v) is 2.69. The van der Waals surface area contributed by atoms with E-state index in [-0.39, 0.29) is 0 Å². The van der Waals surface area contributed by atoms with Gasteiger partial charge in [-0.15, -0.1) is 0 Å². The van der Waals surface area contributed by atoms with Gasteiger partial charge in [0.15, 0.2) is 6.10 Å². The Hall–Kier alpha value is -1.93. The predicted octanol–water partition coefficient (Wildman–Crippen LogP) is -0.166. The first kappa shape index (κ1) is 25.1. The average molecular weight is 411 g/mol. The molecule has 8 nitrogen and oxygen atoms in total. The summed E-state index contributed by atoms with van der Waals surface area (Å²) in [6.07, 6.45) is 9.67. The first-order chi connectivity index (χ1) is 13.9. The van der Waals surface area contributed by atoms with Crippen LogP contribution in [0.15, 0.2) is 29.5 Å². The Morgan fingerprint density at radius 1 is 1.07 bits per heavy atom. The Kier molecular flexibility index (Phi) is 12.2.